The molecule has 0 aliphatic heterocycles. The van der Waals surface area contributed by atoms with E-state index in [1.807, 2.05) is 0 Å². The summed E-state index contributed by atoms with van der Waals surface area (Å²) in [6.07, 6.45) is 0.667. The summed E-state index contributed by atoms with van der Waals surface area (Å²) in [7, 11) is 0. The molecule has 2 N–H and O–H groups in total. The summed E-state index contributed by atoms with van der Waals surface area (Å²) in [5.41, 5.74) is 5.83. The van der Waals surface area contributed by atoms with Crippen molar-refractivity contribution in [2.45, 2.75) is 0 Å². The van der Waals surface area contributed by atoms with Crippen molar-refractivity contribution in [1.82, 2.24) is 0 Å². The standard InChI is InChI=1S/CH3N3/c2-1-4-3/h1-3H. The van der Waals surface area contributed by atoms with E-state index in [4.69, 9.17) is 10.9 Å². The number of hydrogen-bond donors (Lipinski definition) is 2. The lowest BCUT2D eigenvalue weighted by atomic mass is 11.4. The van der Waals surface area contributed by atoms with Gasteiger partial charge in [0.05, 0.1) is 0 Å². The third kappa shape index (κ3) is 1.27. The van der Waals surface area contributed by atoms with E-state index in [9.17, 15) is 0 Å². The normalized spacial score (nSPS) is 5.00. The predicted octanol–water partition coefficient (Wildman–Crippen LogP) is 0.624. The zero-order valence-electron chi connectivity index (χ0n) is 2.02. The first-order valence-corrected chi connectivity index (χ1v) is 0.770. The minimum Gasteiger partial charge on any atom is -0.288 e. The van der Waals surface area contributed by atoms with E-state index in [2.05, 4.69) is 5.11 Å². The van der Waals surface area contributed by atoms with E-state index in [1.54, 1.807) is 0 Å². The maximum absolute atomic E-state index is 5.97. The van der Waals surface area contributed by atoms with Crippen molar-refractivity contribution in [2.75, 3.05) is 0 Å². The Balaban J connectivity index is 2.73. The SMILES string of the molecule is N=CN=N. The van der Waals surface area contributed by atoms with Crippen molar-refractivity contribution in [1.29, 1.82) is 10.9 Å². The molecule has 0 fully saturated rings. The minimum atomic E-state index is 0.667. The first-order chi connectivity index (χ1) is 1.91. The number of rotatable bonds is 1. The van der Waals surface area contributed by atoms with Crippen LogP contribution in [0.3, 0.4) is 0 Å². The van der Waals surface area contributed by atoms with Gasteiger partial charge in [-0.2, -0.15) is 0 Å². The van der Waals surface area contributed by atoms with Gasteiger partial charge in [0.15, 0.2) is 0 Å². The van der Waals surface area contributed by atoms with Crippen LogP contribution in [0, 0.1) is 10.9 Å². The van der Waals surface area contributed by atoms with Crippen LogP contribution in [0.15, 0.2) is 5.11 Å². The van der Waals surface area contributed by atoms with Gasteiger partial charge in [0.1, 0.15) is 6.34 Å². The largest absolute Gasteiger partial charge is 0.288 e. The van der Waals surface area contributed by atoms with Crippen LogP contribution in [0.1, 0.15) is 0 Å². The van der Waals surface area contributed by atoms with Crippen LogP contribution in [0.25, 0.3) is 0 Å². The molecule has 0 unspecified atom stereocenters. The van der Waals surface area contributed by atoms with E-state index < -0.39 is 0 Å². The summed E-state index contributed by atoms with van der Waals surface area (Å²) in [4.78, 5) is 0. The summed E-state index contributed by atoms with van der Waals surface area (Å²) in [6.45, 7) is 0. The smallest absolute Gasteiger partial charge is 0.129 e. The van der Waals surface area contributed by atoms with E-state index in [0.717, 1.165) is 0 Å². The van der Waals surface area contributed by atoms with Gasteiger partial charge in [-0.15, -0.1) is 5.11 Å². The highest BCUT2D eigenvalue weighted by molar-refractivity contribution is 5.48. The molecule has 3 nitrogen and oxygen atoms in total. The van der Waals surface area contributed by atoms with Crippen LogP contribution < -0.4 is 0 Å². The molecule has 0 saturated carbocycles. The molecule has 0 spiro atoms. The molecule has 0 aromatic carbocycles. The summed E-state index contributed by atoms with van der Waals surface area (Å²) in [5, 5.41) is 8.50. The lowest BCUT2D eigenvalue weighted by Gasteiger charge is -1.44. The van der Waals surface area contributed by atoms with Crippen molar-refractivity contribution >= 4 is 6.34 Å². The number of nitrogens with one attached hydrogen (secondary N) is 2. The highest BCUT2D eigenvalue weighted by atomic mass is 15.0. The number of nitrogens with zero attached hydrogens (tertiary/aromatic N) is 1. The maximum atomic E-state index is 5.97. The van der Waals surface area contributed by atoms with Crippen LogP contribution in [0.5, 0.6) is 0 Å². The third-order valence-corrected chi connectivity index (χ3v) is 0.0645. The molecule has 0 aromatic rings. The zero-order chi connectivity index (χ0) is 3.41. The molecule has 3 heteroatoms. The second-order valence-corrected chi connectivity index (χ2v) is 0.258. The third-order valence-electron chi connectivity index (χ3n) is 0.0645. The van der Waals surface area contributed by atoms with Crippen LogP contribution in [0.2, 0.25) is 0 Å². The Morgan fingerprint density at radius 1 is 1.75 bits per heavy atom. The van der Waals surface area contributed by atoms with Crippen LogP contribution >= 0.6 is 0 Å². The fraction of sp³-hybridized carbons (Fsp3) is 0. The molecular weight excluding hydrogens is 54.0 g/mol. The van der Waals surface area contributed by atoms with Gasteiger partial charge in [0.2, 0.25) is 0 Å². The van der Waals surface area contributed by atoms with E-state index in [0.29, 0.717) is 6.34 Å². The average molecular weight is 57.1 g/mol. The highest BCUT2D eigenvalue weighted by Crippen LogP contribution is 1.37. The van der Waals surface area contributed by atoms with Gasteiger partial charge >= 0.3 is 0 Å². The topological polar surface area (TPSA) is 60.1 Å². The fourth-order valence-electron chi connectivity index (χ4n) is 0. The van der Waals surface area contributed by atoms with Crippen LogP contribution in [-0.2, 0) is 0 Å². The second-order valence-electron chi connectivity index (χ2n) is 0.258. The lowest BCUT2D eigenvalue weighted by Crippen LogP contribution is -1.41. The Hall–Kier alpha value is -0.730. The fourth-order valence-corrected chi connectivity index (χ4v) is 0. The van der Waals surface area contributed by atoms with Gasteiger partial charge in [-0.3, -0.25) is 5.41 Å². The average Bonchev–Trinajstić information content (AvgIpc) is 1.37. The monoisotopic (exact) mass is 57.0 g/mol. The van der Waals surface area contributed by atoms with Crippen molar-refractivity contribution in [3.8, 4) is 0 Å². The van der Waals surface area contributed by atoms with Crippen molar-refractivity contribution in [3.05, 3.63) is 0 Å². The van der Waals surface area contributed by atoms with Crippen molar-refractivity contribution in [2.24, 2.45) is 5.11 Å². The molecule has 4 heavy (non-hydrogen) atoms. The highest BCUT2D eigenvalue weighted by Gasteiger charge is 1.32. The Morgan fingerprint density at radius 2 is 2.00 bits per heavy atom. The van der Waals surface area contributed by atoms with Crippen LogP contribution in [0.4, 0.5) is 0 Å². The Morgan fingerprint density at radius 3 is 2.00 bits per heavy atom. The first-order valence-electron chi connectivity index (χ1n) is 0.770. The van der Waals surface area contributed by atoms with Gasteiger partial charge in [0.25, 0.3) is 0 Å². The molecule has 0 aliphatic rings. The summed E-state index contributed by atoms with van der Waals surface area (Å²) in [5.74, 6) is 0. The van der Waals surface area contributed by atoms with Gasteiger partial charge < -0.3 is 0 Å². The van der Waals surface area contributed by atoms with E-state index in [1.165, 1.54) is 0 Å². The Bertz CT molecular complexity index is 24.3. The molecule has 0 aliphatic carbocycles. The molecule has 0 amide bonds. The maximum Gasteiger partial charge on any atom is 0.129 e. The molecule has 0 aromatic heterocycles. The van der Waals surface area contributed by atoms with Crippen molar-refractivity contribution < 1.29 is 0 Å². The molecule has 22 valence electrons. The van der Waals surface area contributed by atoms with Crippen molar-refractivity contribution in [3.63, 3.8) is 0 Å². The summed E-state index contributed by atoms with van der Waals surface area (Å²) >= 11 is 0. The van der Waals surface area contributed by atoms with Gasteiger partial charge in [-0.1, -0.05) is 0 Å². The van der Waals surface area contributed by atoms with E-state index in [-0.39, 0.29) is 0 Å². The molecule has 0 atom stereocenters. The van der Waals surface area contributed by atoms with Gasteiger partial charge in [0, 0.05) is 0 Å². The molecular formula is CH3N3. The van der Waals surface area contributed by atoms with Gasteiger partial charge in [-0.25, -0.2) is 5.53 Å². The first kappa shape index (κ1) is 3.27. The van der Waals surface area contributed by atoms with E-state index >= 15 is 0 Å². The minimum absolute atomic E-state index is 0.667. The molecule has 0 bridgehead atoms. The lowest BCUT2D eigenvalue weighted by molar-refractivity contribution is 1.20. The van der Waals surface area contributed by atoms with Gasteiger partial charge in [-0.05, 0) is 0 Å². The summed E-state index contributed by atoms with van der Waals surface area (Å²) in [6, 6.07) is 0. The predicted molar refractivity (Wildman–Crippen MR) is 13.9 cm³/mol. The zero-order valence-corrected chi connectivity index (χ0v) is 2.02. The quantitative estimate of drug-likeness (QED) is 0.252. The second kappa shape index (κ2) is 2.27. The molecule has 0 heterocycles. The Kier molecular flexibility index (Phi) is 1.86. The molecule has 0 rings (SSSR count). The van der Waals surface area contributed by atoms with Crippen LogP contribution in [-0.4, -0.2) is 6.34 Å². The Labute approximate surface area is 23.7 Å². The molecule has 0 saturated heterocycles. The number of hydrogen-bond acceptors (Lipinski definition) is 2. The molecule has 0 radical (unpaired) electrons. The summed E-state index contributed by atoms with van der Waals surface area (Å²) < 4.78 is 0.